The molecule has 9 heteroatoms. The Kier molecular flexibility index (Phi) is 8.77. The third kappa shape index (κ3) is 7.18. The van der Waals surface area contributed by atoms with Gasteiger partial charge in [0.2, 0.25) is 5.91 Å². The SMILES string of the molecule is CC[C@H](C)[C@H](NC(=O)C(F)(F)F)C(=O)N[C@@H](CC(C)C)C(=O)OC. The number of carbonyl (C=O) groups is 3. The van der Waals surface area contributed by atoms with Crippen molar-refractivity contribution in [3.05, 3.63) is 0 Å². The van der Waals surface area contributed by atoms with Gasteiger partial charge in [-0.1, -0.05) is 34.1 Å². The monoisotopic (exact) mass is 354 g/mol. The molecule has 2 amide bonds. The summed E-state index contributed by atoms with van der Waals surface area (Å²) in [6.07, 6.45) is -4.46. The molecular weight excluding hydrogens is 329 g/mol. The van der Waals surface area contributed by atoms with Crippen molar-refractivity contribution in [1.29, 1.82) is 0 Å². The van der Waals surface area contributed by atoms with Crippen LogP contribution in [0.25, 0.3) is 0 Å². The molecule has 0 aromatic carbocycles. The highest BCUT2D eigenvalue weighted by molar-refractivity contribution is 5.92. The quantitative estimate of drug-likeness (QED) is 0.651. The molecule has 0 aromatic rings. The summed E-state index contributed by atoms with van der Waals surface area (Å²) < 4.78 is 41.9. The van der Waals surface area contributed by atoms with Gasteiger partial charge in [0.25, 0.3) is 0 Å². The lowest BCUT2D eigenvalue weighted by molar-refractivity contribution is -0.175. The fourth-order valence-electron chi connectivity index (χ4n) is 2.01. The van der Waals surface area contributed by atoms with E-state index < -0.39 is 42.0 Å². The van der Waals surface area contributed by atoms with Gasteiger partial charge in [0, 0.05) is 0 Å². The van der Waals surface area contributed by atoms with Crippen LogP contribution in [-0.2, 0) is 19.1 Å². The lowest BCUT2D eigenvalue weighted by Gasteiger charge is -2.26. The van der Waals surface area contributed by atoms with Crippen molar-refractivity contribution >= 4 is 17.8 Å². The predicted octanol–water partition coefficient (Wildman–Crippen LogP) is 1.78. The zero-order valence-corrected chi connectivity index (χ0v) is 14.5. The zero-order valence-electron chi connectivity index (χ0n) is 14.5. The number of alkyl halides is 3. The van der Waals surface area contributed by atoms with Crippen LogP contribution in [0.4, 0.5) is 13.2 Å². The van der Waals surface area contributed by atoms with E-state index in [0.29, 0.717) is 6.42 Å². The molecule has 0 bridgehead atoms. The zero-order chi connectivity index (χ0) is 19.1. The first-order chi connectivity index (χ1) is 10.9. The number of halogens is 3. The lowest BCUT2D eigenvalue weighted by Crippen LogP contribution is -2.56. The summed E-state index contributed by atoms with van der Waals surface area (Å²) in [5.41, 5.74) is 0. The van der Waals surface area contributed by atoms with Gasteiger partial charge in [-0.3, -0.25) is 9.59 Å². The summed E-state index contributed by atoms with van der Waals surface area (Å²) in [6.45, 7) is 6.85. The number of ether oxygens (including phenoxy) is 1. The summed E-state index contributed by atoms with van der Waals surface area (Å²) in [5.74, 6) is -4.24. The van der Waals surface area contributed by atoms with Crippen LogP contribution in [0.3, 0.4) is 0 Å². The second kappa shape index (κ2) is 9.48. The summed E-state index contributed by atoms with van der Waals surface area (Å²) >= 11 is 0. The molecule has 0 saturated carbocycles. The molecule has 0 aromatic heterocycles. The van der Waals surface area contributed by atoms with Gasteiger partial charge in [-0.2, -0.15) is 13.2 Å². The Bertz CT molecular complexity index is 452. The molecular formula is C15H25F3N2O4. The fraction of sp³-hybridized carbons (Fsp3) is 0.800. The maximum Gasteiger partial charge on any atom is 0.471 e. The minimum absolute atomic E-state index is 0.0428. The van der Waals surface area contributed by atoms with Crippen LogP contribution in [0, 0.1) is 11.8 Å². The van der Waals surface area contributed by atoms with Crippen LogP contribution in [0.15, 0.2) is 0 Å². The molecule has 0 aliphatic heterocycles. The fourth-order valence-corrected chi connectivity index (χ4v) is 2.01. The topological polar surface area (TPSA) is 84.5 Å². The van der Waals surface area contributed by atoms with E-state index >= 15 is 0 Å². The van der Waals surface area contributed by atoms with Crippen LogP contribution in [-0.4, -0.2) is 43.2 Å². The van der Waals surface area contributed by atoms with E-state index in [9.17, 15) is 27.6 Å². The molecule has 0 fully saturated rings. The molecule has 0 saturated heterocycles. The number of carbonyl (C=O) groups excluding carboxylic acids is 3. The van der Waals surface area contributed by atoms with Gasteiger partial charge in [0.05, 0.1) is 7.11 Å². The number of amides is 2. The van der Waals surface area contributed by atoms with Crippen molar-refractivity contribution in [2.24, 2.45) is 11.8 Å². The summed E-state index contributed by atoms with van der Waals surface area (Å²) in [5, 5.41) is 4.07. The van der Waals surface area contributed by atoms with Crippen molar-refractivity contribution in [2.75, 3.05) is 7.11 Å². The summed E-state index contributed by atoms with van der Waals surface area (Å²) in [6, 6.07) is -2.39. The van der Waals surface area contributed by atoms with E-state index in [1.54, 1.807) is 12.2 Å². The molecule has 0 aliphatic rings. The first kappa shape index (κ1) is 22.2. The van der Waals surface area contributed by atoms with E-state index in [4.69, 9.17) is 0 Å². The van der Waals surface area contributed by atoms with Gasteiger partial charge in [-0.05, 0) is 18.3 Å². The van der Waals surface area contributed by atoms with Gasteiger partial charge in [0.15, 0.2) is 0 Å². The third-order valence-corrected chi connectivity index (χ3v) is 3.55. The van der Waals surface area contributed by atoms with E-state index in [0.717, 1.165) is 7.11 Å². The molecule has 0 aliphatic carbocycles. The third-order valence-electron chi connectivity index (χ3n) is 3.55. The van der Waals surface area contributed by atoms with Crippen LogP contribution in [0.5, 0.6) is 0 Å². The van der Waals surface area contributed by atoms with Crippen molar-refractivity contribution < 1.29 is 32.3 Å². The van der Waals surface area contributed by atoms with Crippen LogP contribution < -0.4 is 10.6 Å². The number of hydrogen-bond donors (Lipinski definition) is 2. The van der Waals surface area contributed by atoms with Crippen molar-refractivity contribution in [1.82, 2.24) is 10.6 Å². The maximum absolute atomic E-state index is 12.4. The Morgan fingerprint density at radius 1 is 1.08 bits per heavy atom. The smallest absolute Gasteiger partial charge is 0.467 e. The van der Waals surface area contributed by atoms with Crippen LogP contribution in [0.1, 0.15) is 40.5 Å². The van der Waals surface area contributed by atoms with E-state index in [-0.39, 0.29) is 12.3 Å². The number of rotatable bonds is 8. The first-order valence-electron chi connectivity index (χ1n) is 7.69. The van der Waals surface area contributed by atoms with Gasteiger partial charge >= 0.3 is 18.1 Å². The molecule has 3 atom stereocenters. The standard InChI is InChI=1S/C15H25F3N2O4/c1-6-9(4)11(20-14(23)15(16,17)18)12(21)19-10(7-8(2)3)13(22)24-5/h8-11H,6-7H2,1-5H3,(H,19,21)(H,20,23)/t9-,10-,11-/m0/s1. The molecule has 24 heavy (non-hydrogen) atoms. The molecule has 2 N–H and O–H groups in total. The Balaban J connectivity index is 5.22. The molecule has 140 valence electrons. The molecule has 0 heterocycles. The Labute approximate surface area is 139 Å². The second-order valence-electron chi connectivity index (χ2n) is 6.05. The molecule has 6 nitrogen and oxygen atoms in total. The Hall–Kier alpha value is -1.80. The first-order valence-corrected chi connectivity index (χ1v) is 7.69. The number of methoxy groups -OCH3 is 1. The predicted molar refractivity (Wildman–Crippen MR) is 80.8 cm³/mol. The minimum Gasteiger partial charge on any atom is -0.467 e. The highest BCUT2D eigenvalue weighted by atomic mass is 19.4. The molecule has 0 spiro atoms. The summed E-state index contributed by atoms with van der Waals surface area (Å²) in [7, 11) is 1.15. The van der Waals surface area contributed by atoms with Gasteiger partial charge in [0.1, 0.15) is 12.1 Å². The average molecular weight is 354 g/mol. The normalized spacial score (nSPS) is 15.4. The van der Waals surface area contributed by atoms with Crippen molar-refractivity contribution in [2.45, 2.75) is 58.8 Å². The highest BCUT2D eigenvalue weighted by Gasteiger charge is 2.42. The van der Waals surface area contributed by atoms with Gasteiger partial charge in [-0.15, -0.1) is 0 Å². The molecule has 0 rings (SSSR count). The Morgan fingerprint density at radius 3 is 2.00 bits per heavy atom. The minimum atomic E-state index is -5.09. The summed E-state index contributed by atoms with van der Waals surface area (Å²) in [4.78, 5) is 35.2. The Morgan fingerprint density at radius 2 is 1.62 bits per heavy atom. The van der Waals surface area contributed by atoms with Crippen molar-refractivity contribution in [3.63, 3.8) is 0 Å². The molecule has 0 radical (unpaired) electrons. The highest BCUT2D eigenvalue weighted by Crippen LogP contribution is 2.17. The van der Waals surface area contributed by atoms with Crippen LogP contribution >= 0.6 is 0 Å². The number of esters is 1. The number of nitrogens with one attached hydrogen (secondary N) is 2. The van der Waals surface area contributed by atoms with E-state index in [1.165, 1.54) is 6.92 Å². The van der Waals surface area contributed by atoms with Gasteiger partial charge < -0.3 is 15.4 Å². The van der Waals surface area contributed by atoms with E-state index in [2.05, 4.69) is 10.1 Å². The average Bonchev–Trinajstić information content (AvgIpc) is 2.48. The lowest BCUT2D eigenvalue weighted by atomic mass is 9.97. The van der Waals surface area contributed by atoms with Crippen LogP contribution in [0.2, 0.25) is 0 Å². The van der Waals surface area contributed by atoms with E-state index in [1.807, 2.05) is 13.8 Å². The van der Waals surface area contributed by atoms with Gasteiger partial charge in [-0.25, -0.2) is 4.79 Å². The molecule has 0 unspecified atom stereocenters. The second-order valence-corrected chi connectivity index (χ2v) is 6.05. The maximum atomic E-state index is 12.4. The number of hydrogen-bond acceptors (Lipinski definition) is 4. The largest absolute Gasteiger partial charge is 0.471 e. The van der Waals surface area contributed by atoms with Crippen molar-refractivity contribution in [3.8, 4) is 0 Å².